The zero-order valence-electron chi connectivity index (χ0n) is 24.8. The van der Waals surface area contributed by atoms with E-state index in [1.54, 1.807) is 11.3 Å². The first-order valence-electron chi connectivity index (χ1n) is 14.5. The fourth-order valence-corrected chi connectivity index (χ4v) is 6.98. The highest BCUT2D eigenvalue weighted by molar-refractivity contribution is 7.17. The molecule has 0 N–H and O–H groups in total. The summed E-state index contributed by atoms with van der Waals surface area (Å²) in [6, 6.07) is 39.7. The van der Waals surface area contributed by atoms with E-state index in [1.165, 1.54) is 54.6 Å². The number of benzene rings is 5. The van der Waals surface area contributed by atoms with Crippen LogP contribution in [0.15, 0.2) is 115 Å². The molecule has 0 aliphatic heterocycles. The van der Waals surface area contributed by atoms with Gasteiger partial charge in [0.2, 0.25) is 0 Å². The summed E-state index contributed by atoms with van der Waals surface area (Å²) < 4.78 is 3.59. The van der Waals surface area contributed by atoms with Gasteiger partial charge in [-0.1, -0.05) is 93.6 Å². The summed E-state index contributed by atoms with van der Waals surface area (Å²) in [5.41, 5.74) is 13.5. The van der Waals surface area contributed by atoms with Crippen LogP contribution in [0.3, 0.4) is 0 Å². The molecule has 0 spiro atoms. The summed E-state index contributed by atoms with van der Waals surface area (Å²) in [5, 5.41) is 3.51. The van der Waals surface area contributed by atoms with Crippen molar-refractivity contribution in [3.63, 3.8) is 0 Å². The summed E-state index contributed by atoms with van der Waals surface area (Å²) in [6.45, 7) is 11.2. The Labute approximate surface area is 251 Å². The second-order valence-corrected chi connectivity index (χ2v) is 13.2. The van der Waals surface area contributed by atoms with Crippen LogP contribution in [0.4, 0.5) is 0 Å². The molecule has 7 aromatic rings. The number of hydrogen-bond acceptors (Lipinski definition) is 2. The van der Waals surface area contributed by atoms with Gasteiger partial charge in [-0.05, 0) is 94.6 Å². The van der Waals surface area contributed by atoms with E-state index in [1.807, 2.05) is 0 Å². The Morgan fingerprint density at radius 3 is 2.00 bits per heavy atom. The van der Waals surface area contributed by atoms with Gasteiger partial charge in [-0.2, -0.15) is 0 Å². The van der Waals surface area contributed by atoms with Gasteiger partial charge in [0.25, 0.3) is 0 Å². The molecule has 206 valence electrons. The summed E-state index contributed by atoms with van der Waals surface area (Å²) in [7, 11) is 0. The number of nitrogens with zero attached hydrogens (tertiary/aromatic N) is 2. The highest BCUT2D eigenvalue weighted by atomic mass is 32.1. The fourth-order valence-electron chi connectivity index (χ4n) is 6.06. The fraction of sp³-hybridized carbons (Fsp3) is 0.154. The molecule has 0 atom stereocenters. The average Bonchev–Trinajstić information content (AvgIpc) is 3.58. The van der Waals surface area contributed by atoms with Gasteiger partial charge in [-0.3, -0.25) is 4.57 Å². The zero-order valence-corrected chi connectivity index (χ0v) is 25.6. The highest BCUT2D eigenvalue weighted by Gasteiger charge is 2.19. The molecule has 0 radical (unpaired) electrons. The van der Waals surface area contributed by atoms with E-state index in [4.69, 9.17) is 4.98 Å². The minimum atomic E-state index is 0.145. The maximum Gasteiger partial charge on any atom is 0.147 e. The number of aryl methyl sites for hydroxylation is 2. The molecule has 2 heterocycles. The standard InChI is InChI=1S/C39H34N2S/c1-25-9-8-10-26(2)37(25)29-17-22-36-32(23-29)33(24-42-36)38-40-34-11-6-7-12-35(34)41(38)31-20-15-28(16-21-31)27-13-18-30(19-14-27)39(3,4)5/h6-24H,1-5H3. The van der Waals surface area contributed by atoms with Crippen LogP contribution < -0.4 is 0 Å². The van der Waals surface area contributed by atoms with Gasteiger partial charge < -0.3 is 0 Å². The number of aromatic nitrogens is 2. The third kappa shape index (κ3) is 4.55. The minimum Gasteiger partial charge on any atom is -0.292 e. The van der Waals surface area contributed by atoms with Gasteiger partial charge in [-0.15, -0.1) is 11.3 Å². The number of para-hydroxylation sites is 2. The Balaban J connectivity index is 1.35. The van der Waals surface area contributed by atoms with E-state index in [0.717, 1.165) is 22.5 Å². The first-order chi connectivity index (χ1) is 20.3. The van der Waals surface area contributed by atoms with Crippen molar-refractivity contribution in [3.8, 4) is 39.3 Å². The molecular weight excluding hydrogens is 529 g/mol. The van der Waals surface area contributed by atoms with E-state index in [-0.39, 0.29) is 5.41 Å². The summed E-state index contributed by atoms with van der Waals surface area (Å²) in [6.07, 6.45) is 0. The van der Waals surface area contributed by atoms with Crippen LogP contribution in [-0.4, -0.2) is 9.55 Å². The van der Waals surface area contributed by atoms with Crippen LogP contribution in [0.5, 0.6) is 0 Å². The Morgan fingerprint density at radius 1 is 0.667 bits per heavy atom. The maximum atomic E-state index is 5.20. The van der Waals surface area contributed by atoms with Crippen LogP contribution in [0.1, 0.15) is 37.5 Å². The monoisotopic (exact) mass is 562 g/mol. The molecule has 0 saturated carbocycles. The van der Waals surface area contributed by atoms with Crippen molar-refractivity contribution in [2.24, 2.45) is 0 Å². The number of hydrogen-bond donors (Lipinski definition) is 0. The lowest BCUT2D eigenvalue weighted by Crippen LogP contribution is -2.10. The largest absolute Gasteiger partial charge is 0.292 e. The van der Waals surface area contributed by atoms with Crippen LogP contribution >= 0.6 is 11.3 Å². The number of rotatable bonds is 4. The lowest BCUT2D eigenvalue weighted by molar-refractivity contribution is 0.590. The van der Waals surface area contributed by atoms with E-state index in [2.05, 4.69) is 154 Å². The van der Waals surface area contributed by atoms with Crippen molar-refractivity contribution < 1.29 is 0 Å². The van der Waals surface area contributed by atoms with Crippen molar-refractivity contribution in [1.29, 1.82) is 0 Å². The smallest absolute Gasteiger partial charge is 0.147 e. The highest BCUT2D eigenvalue weighted by Crippen LogP contribution is 2.40. The van der Waals surface area contributed by atoms with E-state index in [0.29, 0.717) is 0 Å². The predicted octanol–water partition coefficient (Wildman–Crippen LogP) is 11.2. The molecule has 42 heavy (non-hydrogen) atoms. The van der Waals surface area contributed by atoms with Crippen LogP contribution in [0, 0.1) is 13.8 Å². The SMILES string of the molecule is Cc1cccc(C)c1-c1ccc2scc(-c3nc4ccccc4n3-c3ccc(-c4ccc(C(C)(C)C)cc4)cc3)c2c1. The summed E-state index contributed by atoms with van der Waals surface area (Å²) in [5.74, 6) is 0.975. The second kappa shape index (κ2) is 10.1. The molecule has 5 aromatic carbocycles. The Hall–Kier alpha value is -4.47. The molecule has 0 amide bonds. The third-order valence-electron chi connectivity index (χ3n) is 8.35. The van der Waals surface area contributed by atoms with Crippen molar-refractivity contribution >= 4 is 32.5 Å². The van der Waals surface area contributed by atoms with Crippen molar-refractivity contribution in [3.05, 3.63) is 131 Å². The third-order valence-corrected chi connectivity index (χ3v) is 9.32. The van der Waals surface area contributed by atoms with Crippen molar-refractivity contribution in [2.45, 2.75) is 40.0 Å². The van der Waals surface area contributed by atoms with Gasteiger partial charge in [0.05, 0.1) is 11.0 Å². The summed E-state index contributed by atoms with van der Waals surface area (Å²) >= 11 is 1.78. The number of fused-ring (bicyclic) bond motifs is 2. The van der Waals surface area contributed by atoms with Crippen LogP contribution in [0.2, 0.25) is 0 Å². The predicted molar refractivity (Wildman–Crippen MR) is 181 cm³/mol. The first kappa shape index (κ1) is 26.4. The Kier molecular flexibility index (Phi) is 6.36. The lowest BCUT2D eigenvalue weighted by Gasteiger charge is -2.19. The van der Waals surface area contributed by atoms with Gasteiger partial charge in [0.15, 0.2) is 0 Å². The topological polar surface area (TPSA) is 17.8 Å². The molecule has 3 heteroatoms. The number of imidazole rings is 1. The summed E-state index contributed by atoms with van der Waals surface area (Å²) in [4.78, 5) is 5.20. The molecule has 2 nitrogen and oxygen atoms in total. The minimum absolute atomic E-state index is 0.145. The zero-order chi connectivity index (χ0) is 29.0. The van der Waals surface area contributed by atoms with Crippen molar-refractivity contribution in [2.75, 3.05) is 0 Å². The quantitative estimate of drug-likeness (QED) is 0.209. The molecule has 0 aliphatic carbocycles. The molecule has 2 aromatic heterocycles. The lowest BCUT2D eigenvalue weighted by atomic mass is 9.86. The average molecular weight is 563 g/mol. The normalized spacial score (nSPS) is 11.9. The van der Waals surface area contributed by atoms with E-state index in [9.17, 15) is 0 Å². The Bertz CT molecular complexity index is 2050. The Morgan fingerprint density at radius 2 is 1.31 bits per heavy atom. The van der Waals surface area contributed by atoms with Gasteiger partial charge in [-0.25, -0.2) is 4.98 Å². The van der Waals surface area contributed by atoms with E-state index >= 15 is 0 Å². The molecule has 7 rings (SSSR count). The molecular formula is C39H34N2S. The first-order valence-corrected chi connectivity index (χ1v) is 15.4. The van der Waals surface area contributed by atoms with Crippen LogP contribution in [0.25, 0.3) is 60.4 Å². The number of thiophene rings is 1. The maximum absolute atomic E-state index is 5.20. The molecule has 0 bridgehead atoms. The van der Waals surface area contributed by atoms with Crippen LogP contribution in [-0.2, 0) is 5.41 Å². The van der Waals surface area contributed by atoms with Crippen molar-refractivity contribution in [1.82, 2.24) is 9.55 Å². The van der Waals surface area contributed by atoms with E-state index < -0.39 is 0 Å². The molecule has 0 unspecified atom stereocenters. The van der Waals surface area contributed by atoms with Gasteiger partial charge in [0, 0.05) is 26.7 Å². The molecule has 0 aliphatic rings. The second-order valence-electron chi connectivity index (χ2n) is 12.3. The van der Waals surface area contributed by atoms with Gasteiger partial charge >= 0.3 is 0 Å². The molecule has 0 saturated heterocycles. The molecule has 0 fully saturated rings. The van der Waals surface area contributed by atoms with Gasteiger partial charge in [0.1, 0.15) is 5.82 Å².